The fourth-order valence-electron chi connectivity index (χ4n) is 2.03. The minimum Gasteiger partial charge on any atom is -0.313 e. The monoisotopic (exact) mass is 226 g/mol. The van der Waals surface area contributed by atoms with Crippen molar-refractivity contribution in [2.75, 3.05) is 7.05 Å². The topological polar surface area (TPSA) is 24.9 Å². The minimum absolute atomic E-state index is 0.346. The number of pyridine rings is 1. The third-order valence-electron chi connectivity index (χ3n) is 2.96. The van der Waals surface area contributed by atoms with Gasteiger partial charge in [0.05, 0.1) is 0 Å². The molecule has 1 N–H and O–H groups in total. The van der Waals surface area contributed by atoms with Crippen LogP contribution in [0.5, 0.6) is 0 Å². The number of aromatic nitrogens is 1. The van der Waals surface area contributed by atoms with Crippen LogP contribution in [0.25, 0.3) is 0 Å². The maximum atomic E-state index is 4.16. The van der Waals surface area contributed by atoms with Crippen molar-refractivity contribution in [3.63, 3.8) is 0 Å². The van der Waals surface area contributed by atoms with Crippen LogP contribution in [0.1, 0.15) is 22.7 Å². The Balaban J connectivity index is 2.17. The molecule has 0 amide bonds. The van der Waals surface area contributed by atoms with Crippen molar-refractivity contribution in [3.05, 3.63) is 65.5 Å². The van der Waals surface area contributed by atoms with Crippen molar-refractivity contribution in [1.82, 2.24) is 10.3 Å². The van der Waals surface area contributed by atoms with Gasteiger partial charge in [0.25, 0.3) is 0 Å². The normalized spacial score (nSPS) is 12.4. The molecule has 17 heavy (non-hydrogen) atoms. The van der Waals surface area contributed by atoms with E-state index in [0.29, 0.717) is 6.04 Å². The van der Waals surface area contributed by atoms with Crippen LogP contribution in [0.3, 0.4) is 0 Å². The predicted octanol–water partition coefficient (Wildman–Crippen LogP) is 2.89. The highest BCUT2D eigenvalue weighted by molar-refractivity contribution is 5.26. The zero-order chi connectivity index (χ0) is 12.1. The summed E-state index contributed by atoms with van der Waals surface area (Å²) >= 11 is 0. The average Bonchev–Trinajstić information content (AvgIpc) is 2.37. The standard InChI is InChI=1S/C15H18N2/c1-12-5-3-7-14(9-12)15(16-2)10-13-6-4-8-17-11-13/h3-9,11,15-16H,10H2,1-2H3. The first kappa shape index (κ1) is 11.8. The number of benzene rings is 1. The molecule has 0 radical (unpaired) electrons. The molecule has 0 fully saturated rings. The van der Waals surface area contributed by atoms with Gasteiger partial charge >= 0.3 is 0 Å². The second-order valence-corrected chi connectivity index (χ2v) is 4.32. The van der Waals surface area contributed by atoms with Gasteiger partial charge in [-0.05, 0) is 37.6 Å². The first-order chi connectivity index (χ1) is 8.29. The first-order valence-electron chi connectivity index (χ1n) is 5.92. The second-order valence-electron chi connectivity index (χ2n) is 4.32. The van der Waals surface area contributed by atoms with E-state index in [0.717, 1.165) is 6.42 Å². The van der Waals surface area contributed by atoms with Crippen LogP contribution in [0, 0.1) is 6.92 Å². The van der Waals surface area contributed by atoms with Crippen LogP contribution < -0.4 is 5.32 Å². The van der Waals surface area contributed by atoms with E-state index in [1.807, 2.05) is 25.5 Å². The Morgan fingerprint density at radius 3 is 2.76 bits per heavy atom. The molecule has 0 saturated heterocycles. The van der Waals surface area contributed by atoms with Crippen molar-refractivity contribution >= 4 is 0 Å². The van der Waals surface area contributed by atoms with E-state index in [4.69, 9.17) is 0 Å². The van der Waals surface area contributed by atoms with Crippen LogP contribution in [0.2, 0.25) is 0 Å². The summed E-state index contributed by atoms with van der Waals surface area (Å²) in [5.74, 6) is 0. The summed E-state index contributed by atoms with van der Waals surface area (Å²) in [4.78, 5) is 4.16. The van der Waals surface area contributed by atoms with E-state index in [1.54, 1.807) is 0 Å². The number of nitrogens with one attached hydrogen (secondary N) is 1. The second kappa shape index (κ2) is 5.60. The zero-order valence-corrected chi connectivity index (χ0v) is 10.4. The highest BCUT2D eigenvalue weighted by Gasteiger charge is 2.09. The lowest BCUT2D eigenvalue weighted by Gasteiger charge is -2.17. The highest BCUT2D eigenvalue weighted by atomic mass is 14.9. The van der Waals surface area contributed by atoms with Crippen molar-refractivity contribution in [2.45, 2.75) is 19.4 Å². The molecule has 2 rings (SSSR count). The molecule has 0 aliphatic rings. The third kappa shape index (κ3) is 3.14. The summed E-state index contributed by atoms with van der Waals surface area (Å²) in [5, 5.41) is 3.37. The van der Waals surface area contributed by atoms with Crippen molar-refractivity contribution in [2.24, 2.45) is 0 Å². The molecule has 1 atom stereocenters. The van der Waals surface area contributed by atoms with Crippen LogP contribution in [0.4, 0.5) is 0 Å². The molecule has 2 heteroatoms. The molecule has 0 aliphatic heterocycles. The van der Waals surface area contributed by atoms with Gasteiger partial charge in [0.1, 0.15) is 0 Å². The van der Waals surface area contributed by atoms with Crippen LogP contribution in [0.15, 0.2) is 48.8 Å². The number of hydrogen-bond acceptors (Lipinski definition) is 2. The SMILES string of the molecule is CNC(Cc1cccnc1)c1cccc(C)c1. The lowest BCUT2D eigenvalue weighted by molar-refractivity contribution is 0.591. The molecular formula is C15H18N2. The van der Waals surface area contributed by atoms with Gasteiger partial charge in [0.15, 0.2) is 0 Å². The molecule has 1 unspecified atom stereocenters. The molecule has 2 nitrogen and oxygen atoms in total. The van der Waals surface area contributed by atoms with Crippen molar-refractivity contribution in [1.29, 1.82) is 0 Å². The van der Waals surface area contributed by atoms with Crippen LogP contribution in [-0.4, -0.2) is 12.0 Å². The van der Waals surface area contributed by atoms with E-state index in [9.17, 15) is 0 Å². The number of rotatable bonds is 4. The predicted molar refractivity (Wildman–Crippen MR) is 70.9 cm³/mol. The molecule has 1 aromatic carbocycles. The van der Waals surface area contributed by atoms with E-state index < -0.39 is 0 Å². The lowest BCUT2D eigenvalue weighted by Crippen LogP contribution is -2.18. The number of aryl methyl sites for hydroxylation is 1. The molecule has 0 bridgehead atoms. The Labute approximate surface area is 103 Å². The highest BCUT2D eigenvalue weighted by Crippen LogP contribution is 2.18. The molecule has 0 spiro atoms. The van der Waals surface area contributed by atoms with Crippen molar-refractivity contribution in [3.8, 4) is 0 Å². The maximum absolute atomic E-state index is 4.16. The quantitative estimate of drug-likeness (QED) is 0.867. The van der Waals surface area contributed by atoms with E-state index in [-0.39, 0.29) is 0 Å². The summed E-state index contributed by atoms with van der Waals surface area (Å²) in [6.45, 7) is 2.13. The van der Waals surface area contributed by atoms with Crippen LogP contribution >= 0.6 is 0 Å². The van der Waals surface area contributed by atoms with Gasteiger partial charge in [0.2, 0.25) is 0 Å². The Hall–Kier alpha value is -1.67. The molecule has 2 aromatic rings. The van der Waals surface area contributed by atoms with E-state index >= 15 is 0 Å². The zero-order valence-electron chi connectivity index (χ0n) is 10.4. The van der Waals surface area contributed by atoms with Gasteiger partial charge in [-0.25, -0.2) is 0 Å². The van der Waals surface area contributed by atoms with Gasteiger partial charge in [-0.15, -0.1) is 0 Å². The largest absolute Gasteiger partial charge is 0.313 e. The summed E-state index contributed by atoms with van der Waals surface area (Å²) in [6, 6.07) is 13.1. The van der Waals surface area contributed by atoms with Gasteiger partial charge < -0.3 is 5.32 Å². The summed E-state index contributed by atoms with van der Waals surface area (Å²) < 4.78 is 0. The average molecular weight is 226 g/mol. The minimum atomic E-state index is 0.346. The van der Waals surface area contributed by atoms with E-state index in [1.165, 1.54) is 16.7 Å². The first-order valence-corrected chi connectivity index (χ1v) is 5.92. The smallest absolute Gasteiger partial charge is 0.0359 e. The Morgan fingerprint density at radius 1 is 1.24 bits per heavy atom. The lowest BCUT2D eigenvalue weighted by atomic mass is 9.99. The fourth-order valence-corrected chi connectivity index (χ4v) is 2.03. The number of hydrogen-bond donors (Lipinski definition) is 1. The Bertz CT molecular complexity index is 465. The fraction of sp³-hybridized carbons (Fsp3) is 0.267. The van der Waals surface area contributed by atoms with Crippen molar-refractivity contribution < 1.29 is 0 Å². The molecule has 1 heterocycles. The summed E-state index contributed by atoms with van der Waals surface area (Å²) in [6.07, 6.45) is 4.71. The summed E-state index contributed by atoms with van der Waals surface area (Å²) in [7, 11) is 2.00. The van der Waals surface area contributed by atoms with Gasteiger partial charge in [-0.3, -0.25) is 4.98 Å². The number of nitrogens with zero attached hydrogens (tertiary/aromatic N) is 1. The van der Waals surface area contributed by atoms with Gasteiger partial charge in [0, 0.05) is 18.4 Å². The molecule has 0 aliphatic carbocycles. The summed E-state index contributed by atoms with van der Waals surface area (Å²) in [5.41, 5.74) is 3.89. The molecule has 88 valence electrons. The molecular weight excluding hydrogens is 208 g/mol. The van der Waals surface area contributed by atoms with Crippen LogP contribution in [-0.2, 0) is 6.42 Å². The Morgan fingerprint density at radius 2 is 2.12 bits per heavy atom. The third-order valence-corrected chi connectivity index (χ3v) is 2.96. The van der Waals surface area contributed by atoms with Gasteiger partial charge in [-0.2, -0.15) is 0 Å². The molecule has 0 saturated carbocycles. The van der Waals surface area contributed by atoms with Gasteiger partial charge in [-0.1, -0.05) is 35.9 Å². The van der Waals surface area contributed by atoms with E-state index in [2.05, 4.69) is 47.6 Å². The number of likely N-dealkylation sites (N-methyl/N-ethyl adjacent to an activating group) is 1. The Kier molecular flexibility index (Phi) is 3.89. The maximum Gasteiger partial charge on any atom is 0.0359 e. The molecule has 1 aromatic heterocycles.